The molecule has 1 aliphatic heterocycles. The van der Waals surface area contributed by atoms with Crippen molar-refractivity contribution in [2.45, 2.75) is 20.3 Å². The van der Waals surface area contributed by atoms with Gasteiger partial charge in [-0.15, -0.1) is 11.3 Å². The van der Waals surface area contributed by atoms with Crippen LogP contribution in [0.2, 0.25) is 0 Å². The van der Waals surface area contributed by atoms with E-state index in [9.17, 15) is 9.59 Å². The number of hydrogen-bond donors (Lipinski definition) is 0. The number of hydrogen-bond acceptors (Lipinski definition) is 6. The van der Waals surface area contributed by atoms with Crippen LogP contribution in [-0.4, -0.2) is 54.5 Å². The van der Waals surface area contributed by atoms with Crippen LogP contribution >= 0.6 is 11.3 Å². The largest absolute Gasteiger partial charge is 0.465 e. The summed E-state index contributed by atoms with van der Waals surface area (Å²) in [5.41, 5.74) is 1.99. The summed E-state index contributed by atoms with van der Waals surface area (Å²) in [6, 6.07) is 8.21. The molecule has 1 fully saturated rings. The maximum atomic E-state index is 11.4. The summed E-state index contributed by atoms with van der Waals surface area (Å²) in [5, 5.41) is 0. The van der Waals surface area contributed by atoms with Gasteiger partial charge in [-0.05, 0) is 36.4 Å². The minimum Gasteiger partial charge on any atom is -0.465 e. The third-order valence-electron chi connectivity index (χ3n) is 4.62. The summed E-state index contributed by atoms with van der Waals surface area (Å²) in [5.74, 6) is -0.103. The number of piperazine rings is 1. The number of esters is 1. The van der Waals surface area contributed by atoms with E-state index in [-0.39, 0.29) is 11.9 Å². The van der Waals surface area contributed by atoms with Crippen LogP contribution in [0.4, 0.5) is 5.69 Å². The van der Waals surface area contributed by atoms with Gasteiger partial charge in [0.15, 0.2) is 0 Å². The number of amides is 1. The first-order chi connectivity index (χ1) is 13.5. The molecule has 0 saturated carbocycles. The molecule has 0 N–H and O–H groups in total. The van der Waals surface area contributed by atoms with Gasteiger partial charge in [0, 0.05) is 56.2 Å². The topological polar surface area (TPSA) is 62.7 Å². The summed E-state index contributed by atoms with van der Waals surface area (Å²) in [7, 11) is 0. The summed E-state index contributed by atoms with van der Waals surface area (Å²) in [4.78, 5) is 33.2. The SMILES string of the molecule is CC(=O)OCCc1ccc(/C=C/c2ccc(N3CCN(C(C)=O)CC3)cn2)s1. The molecule has 0 unspecified atom stereocenters. The highest BCUT2D eigenvalue weighted by Gasteiger charge is 2.18. The molecule has 6 nitrogen and oxygen atoms in total. The summed E-state index contributed by atoms with van der Waals surface area (Å²) in [6.45, 7) is 6.65. The first kappa shape index (κ1) is 20.1. The number of thiophene rings is 1. The predicted molar refractivity (Wildman–Crippen MR) is 112 cm³/mol. The summed E-state index contributed by atoms with van der Waals surface area (Å²) in [6.07, 6.45) is 6.68. The van der Waals surface area contributed by atoms with E-state index >= 15 is 0 Å². The molecule has 3 heterocycles. The molecule has 0 radical (unpaired) electrons. The third-order valence-corrected chi connectivity index (χ3v) is 5.73. The predicted octanol–water partition coefficient (Wildman–Crippen LogP) is 3.09. The van der Waals surface area contributed by atoms with Crippen molar-refractivity contribution in [2.24, 2.45) is 0 Å². The summed E-state index contributed by atoms with van der Waals surface area (Å²) >= 11 is 1.69. The lowest BCUT2D eigenvalue weighted by molar-refractivity contribution is -0.140. The zero-order valence-electron chi connectivity index (χ0n) is 16.3. The highest BCUT2D eigenvalue weighted by molar-refractivity contribution is 7.12. The van der Waals surface area contributed by atoms with Gasteiger partial charge in [0.2, 0.25) is 5.91 Å². The standard InChI is InChI=1S/C21H25N3O3S/c1-16(25)23-10-12-24(13-11-23)19-5-3-18(22-15-19)4-6-20-7-8-21(28-20)9-14-27-17(2)26/h3-8,15H,9-14H2,1-2H3/b6-4+. The lowest BCUT2D eigenvalue weighted by Gasteiger charge is -2.35. The Morgan fingerprint density at radius 1 is 1.11 bits per heavy atom. The molecule has 0 atom stereocenters. The second-order valence-electron chi connectivity index (χ2n) is 6.66. The zero-order chi connectivity index (χ0) is 19.9. The molecule has 1 amide bonds. The van der Waals surface area contributed by atoms with Crippen molar-refractivity contribution in [3.63, 3.8) is 0 Å². The molecule has 0 bridgehead atoms. The van der Waals surface area contributed by atoms with Gasteiger partial charge in [0.05, 0.1) is 24.2 Å². The van der Waals surface area contributed by atoms with E-state index in [1.54, 1.807) is 18.3 Å². The average molecular weight is 400 g/mol. The van der Waals surface area contributed by atoms with Gasteiger partial charge in [0.1, 0.15) is 0 Å². The highest BCUT2D eigenvalue weighted by atomic mass is 32.1. The van der Waals surface area contributed by atoms with E-state index in [1.807, 2.05) is 29.3 Å². The minimum atomic E-state index is -0.244. The van der Waals surface area contributed by atoms with E-state index in [1.165, 1.54) is 11.8 Å². The van der Waals surface area contributed by atoms with Crippen LogP contribution in [0, 0.1) is 0 Å². The number of ether oxygens (including phenoxy) is 1. The van der Waals surface area contributed by atoms with Crippen molar-refractivity contribution in [2.75, 3.05) is 37.7 Å². The van der Waals surface area contributed by atoms with Crippen LogP contribution in [0.5, 0.6) is 0 Å². The van der Waals surface area contributed by atoms with Crippen LogP contribution in [0.25, 0.3) is 12.2 Å². The molecule has 2 aromatic rings. The van der Waals surface area contributed by atoms with Crippen molar-refractivity contribution in [3.05, 3.63) is 45.9 Å². The Morgan fingerprint density at radius 2 is 1.89 bits per heavy atom. The molecule has 3 rings (SSSR count). The van der Waals surface area contributed by atoms with E-state index in [0.717, 1.165) is 48.9 Å². The maximum Gasteiger partial charge on any atom is 0.302 e. The van der Waals surface area contributed by atoms with Crippen LogP contribution in [0.3, 0.4) is 0 Å². The second-order valence-corrected chi connectivity index (χ2v) is 7.86. The highest BCUT2D eigenvalue weighted by Crippen LogP contribution is 2.20. The van der Waals surface area contributed by atoms with Crippen LogP contribution in [0.1, 0.15) is 29.3 Å². The molecule has 28 heavy (non-hydrogen) atoms. The normalized spacial score (nSPS) is 14.5. The number of pyridine rings is 1. The van der Waals surface area contributed by atoms with Gasteiger partial charge in [-0.3, -0.25) is 14.6 Å². The van der Waals surface area contributed by atoms with Crippen molar-refractivity contribution in [3.8, 4) is 0 Å². The number of anilines is 1. The first-order valence-electron chi connectivity index (χ1n) is 9.38. The lowest BCUT2D eigenvalue weighted by Crippen LogP contribution is -2.48. The molecule has 148 valence electrons. The monoisotopic (exact) mass is 399 g/mol. The quantitative estimate of drug-likeness (QED) is 0.699. The van der Waals surface area contributed by atoms with Crippen LogP contribution in [0.15, 0.2) is 30.5 Å². The van der Waals surface area contributed by atoms with Crippen molar-refractivity contribution in [1.29, 1.82) is 0 Å². The molecule has 1 aliphatic rings. The molecule has 1 saturated heterocycles. The zero-order valence-corrected chi connectivity index (χ0v) is 17.1. The van der Waals surface area contributed by atoms with E-state index in [0.29, 0.717) is 6.61 Å². The first-order valence-corrected chi connectivity index (χ1v) is 10.2. The number of rotatable bonds is 6. The van der Waals surface area contributed by atoms with Crippen LogP contribution < -0.4 is 4.90 Å². The Morgan fingerprint density at radius 3 is 2.54 bits per heavy atom. The number of carbonyl (C=O) groups is 2. The Balaban J connectivity index is 1.52. The Labute approximate surface area is 169 Å². The van der Waals surface area contributed by atoms with Crippen molar-refractivity contribution in [1.82, 2.24) is 9.88 Å². The van der Waals surface area contributed by atoms with Crippen molar-refractivity contribution >= 4 is 41.1 Å². The van der Waals surface area contributed by atoms with Gasteiger partial charge in [-0.25, -0.2) is 0 Å². The molecule has 0 spiro atoms. The van der Waals surface area contributed by atoms with E-state index < -0.39 is 0 Å². The van der Waals surface area contributed by atoms with Gasteiger partial charge in [-0.1, -0.05) is 0 Å². The fourth-order valence-corrected chi connectivity index (χ4v) is 3.94. The molecule has 2 aromatic heterocycles. The minimum absolute atomic E-state index is 0.140. The molecule has 0 aliphatic carbocycles. The number of carbonyl (C=O) groups excluding carboxylic acids is 2. The van der Waals surface area contributed by atoms with Gasteiger partial charge in [-0.2, -0.15) is 0 Å². The fraction of sp³-hybridized carbons (Fsp3) is 0.381. The Bertz CT molecular complexity index is 837. The second kappa shape index (κ2) is 9.50. The lowest BCUT2D eigenvalue weighted by atomic mass is 10.2. The van der Waals surface area contributed by atoms with Gasteiger partial charge >= 0.3 is 5.97 Å². The number of nitrogens with zero attached hydrogens (tertiary/aromatic N) is 3. The van der Waals surface area contributed by atoms with E-state index in [2.05, 4.69) is 28.1 Å². The van der Waals surface area contributed by atoms with E-state index in [4.69, 9.17) is 4.74 Å². The fourth-order valence-electron chi connectivity index (χ4n) is 3.04. The average Bonchev–Trinajstić information content (AvgIpc) is 3.14. The molecular weight excluding hydrogens is 374 g/mol. The number of aromatic nitrogens is 1. The van der Waals surface area contributed by atoms with Crippen LogP contribution in [-0.2, 0) is 20.7 Å². The van der Waals surface area contributed by atoms with Crippen molar-refractivity contribution < 1.29 is 14.3 Å². The molecule has 0 aromatic carbocycles. The Hall–Kier alpha value is -2.67. The summed E-state index contributed by atoms with van der Waals surface area (Å²) < 4.78 is 4.98. The Kier molecular flexibility index (Phi) is 6.81. The smallest absolute Gasteiger partial charge is 0.302 e. The maximum absolute atomic E-state index is 11.4. The van der Waals surface area contributed by atoms with Gasteiger partial charge in [0.25, 0.3) is 0 Å². The third kappa shape index (κ3) is 5.66. The molecule has 7 heteroatoms. The molecular formula is C21H25N3O3S. The van der Waals surface area contributed by atoms with Gasteiger partial charge < -0.3 is 14.5 Å².